The van der Waals surface area contributed by atoms with Gasteiger partial charge in [-0.15, -0.1) is 16.4 Å². The van der Waals surface area contributed by atoms with Gasteiger partial charge >= 0.3 is 0 Å². The molecule has 1 aliphatic carbocycles. The zero-order chi connectivity index (χ0) is 22.0. The molecule has 4 rings (SSSR count). The first kappa shape index (κ1) is 21.9. The summed E-state index contributed by atoms with van der Waals surface area (Å²) in [7, 11) is 0. The SMILES string of the molecule is CCC1=C(F)C(n2cc(CNC(=O)c3ccc(Cl)s3)nn2)=CC(N2CCCCC2)C1=N. The van der Waals surface area contributed by atoms with Gasteiger partial charge in [-0.2, -0.15) is 0 Å². The molecule has 1 aliphatic heterocycles. The van der Waals surface area contributed by atoms with Gasteiger partial charge < -0.3 is 10.7 Å². The number of rotatable bonds is 6. The van der Waals surface area contributed by atoms with E-state index in [1.807, 2.05) is 6.92 Å². The van der Waals surface area contributed by atoms with Crippen LogP contribution in [0.3, 0.4) is 0 Å². The quantitative estimate of drug-likeness (QED) is 0.670. The van der Waals surface area contributed by atoms with Crippen molar-refractivity contribution in [2.75, 3.05) is 13.1 Å². The van der Waals surface area contributed by atoms with E-state index in [1.54, 1.807) is 24.4 Å². The maximum Gasteiger partial charge on any atom is 0.261 e. The van der Waals surface area contributed by atoms with Crippen LogP contribution in [0.5, 0.6) is 0 Å². The summed E-state index contributed by atoms with van der Waals surface area (Å²) < 4.78 is 17.2. The first-order valence-electron chi connectivity index (χ1n) is 10.4. The molecule has 1 amide bonds. The summed E-state index contributed by atoms with van der Waals surface area (Å²) in [6, 6.07) is 3.07. The van der Waals surface area contributed by atoms with Gasteiger partial charge in [-0.05, 0) is 50.6 Å². The van der Waals surface area contributed by atoms with E-state index in [1.165, 1.54) is 22.4 Å². The first-order valence-corrected chi connectivity index (χ1v) is 11.6. The summed E-state index contributed by atoms with van der Waals surface area (Å²) in [5, 5.41) is 19.5. The predicted octanol–water partition coefficient (Wildman–Crippen LogP) is 4.29. The summed E-state index contributed by atoms with van der Waals surface area (Å²) in [6.45, 7) is 3.82. The molecule has 2 N–H and O–H groups in total. The molecule has 164 valence electrons. The highest BCUT2D eigenvalue weighted by molar-refractivity contribution is 7.17. The summed E-state index contributed by atoms with van der Waals surface area (Å²) in [5.74, 6) is -0.684. The molecule has 2 aromatic rings. The van der Waals surface area contributed by atoms with Gasteiger partial charge in [0.2, 0.25) is 0 Å². The van der Waals surface area contributed by atoms with E-state index in [9.17, 15) is 4.79 Å². The third-order valence-corrected chi connectivity index (χ3v) is 6.81. The van der Waals surface area contributed by atoms with Crippen LogP contribution >= 0.6 is 22.9 Å². The summed E-state index contributed by atoms with van der Waals surface area (Å²) in [5.41, 5.74) is 1.55. The Hall–Kier alpha value is -2.36. The molecular weight excluding hydrogens is 439 g/mol. The lowest BCUT2D eigenvalue weighted by molar-refractivity contribution is 0.0954. The lowest BCUT2D eigenvalue weighted by Gasteiger charge is -2.36. The molecule has 0 aromatic carbocycles. The minimum absolute atomic E-state index is 0.166. The Bertz CT molecular complexity index is 1050. The number of allylic oxidation sites excluding steroid dienone is 2. The van der Waals surface area contributed by atoms with Crippen LogP contribution in [0.1, 0.15) is 48.0 Å². The number of piperidine rings is 1. The molecule has 10 heteroatoms. The van der Waals surface area contributed by atoms with Crippen LogP contribution in [0.15, 0.2) is 35.8 Å². The zero-order valence-electron chi connectivity index (χ0n) is 17.2. The van der Waals surface area contributed by atoms with Crippen molar-refractivity contribution in [3.63, 3.8) is 0 Å². The molecule has 0 saturated carbocycles. The highest BCUT2D eigenvalue weighted by Crippen LogP contribution is 2.32. The summed E-state index contributed by atoms with van der Waals surface area (Å²) in [4.78, 5) is 15.0. The largest absolute Gasteiger partial charge is 0.346 e. The van der Waals surface area contributed by atoms with Crippen LogP contribution in [-0.4, -0.2) is 50.6 Å². The van der Waals surface area contributed by atoms with Crippen molar-refractivity contribution in [3.8, 4) is 0 Å². The van der Waals surface area contributed by atoms with Gasteiger partial charge in [0.1, 0.15) is 11.4 Å². The molecule has 2 aromatic heterocycles. The molecule has 0 spiro atoms. The number of nitrogens with zero attached hydrogens (tertiary/aromatic N) is 4. The van der Waals surface area contributed by atoms with Gasteiger partial charge in [0.25, 0.3) is 5.91 Å². The Morgan fingerprint density at radius 2 is 2.13 bits per heavy atom. The summed E-state index contributed by atoms with van der Waals surface area (Å²) >= 11 is 7.07. The Kier molecular flexibility index (Phi) is 6.64. The van der Waals surface area contributed by atoms with Crippen molar-refractivity contribution < 1.29 is 9.18 Å². The molecule has 2 aliphatic rings. The van der Waals surface area contributed by atoms with Crippen LogP contribution in [0.25, 0.3) is 5.70 Å². The van der Waals surface area contributed by atoms with E-state index >= 15 is 4.39 Å². The van der Waals surface area contributed by atoms with Crippen LogP contribution in [0.4, 0.5) is 4.39 Å². The third kappa shape index (κ3) is 4.63. The Labute approximate surface area is 189 Å². The summed E-state index contributed by atoms with van der Waals surface area (Å²) in [6.07, 6.45) is 7.18. The molecule has 0 radical (unpaired) electrons. The fourth-order valence-corrected chi connectivity index (χ4v) is 4.92. The van der Waals surface area contributed by atoms with Gasteiger partial charge in [-0.3, -0.25) is 9.69 Å². The van der Waals surface area contributed by atoms with Crippen LogP contribution in [0, 0.1) is 5.41 Å². The van der Waals surface area contributed by atoms with E-state index in [-0.39, 0.29) is 18.5 Å². The van der Waals surface area contributed by atoms with Crippen LogP contribution < -0.4 is 5.32 Å². The lowest BCUT2D eigenvalue weighted by atomic mass is 9.91. The van der Waals surface area contributed by atoms with Crippen molar-refractivity contribution in [2.45, 2.75) is 45.2 Å². The highest BCUT2D eigenvalue weighted by atomic mass is 35.5. The normalized spacial score (nSPS) is 20.2. The standard InChI is InChI=1S/C21H24ClFN6OS/c1-2-14-19(23)15(10-16(20(14)24)28-8-4-3-5-9-28)29-12-13(26-27-29)11-25-21(30)17-6-7-18(22)31-17/h6-7,10,12,16,24H,2-5,8-9,11H2,1H3,(H,25,30). The second-order valence-corrected chi connectivity index (χ2v) is 9.31. The number of hydrogen-bond donors (Lipinski definition) is 2. The molecule has 1 unspecified atom stereocenters. The highest BCUT2D eigenvalue weighted by Gasteiger charge is 2.32. The first-order chi connectivity index (χ1) is 15.0. The van der Waals surface area contributed by atoms with E-state index in [2.05, 4.69) is 20.5 Å². The van der Waals surface area contributed by atoms with Crippen molar-refractivity contribution in [2.24, 2.45) is 0 Å². The van der Waals surface area contributed by atoms with Crippen molar-refractivity contribution >= 4 is 40.3 Å². The van der Waals surface area contributed by atoms with E-state index in [0.29, 0.717) is 38.3 Å². The van der Waals surface area contributed by atoms with Gasteiger partial charge in [0.15, 0.2) is 5.83 Å². The number of carbonyl (C=O) groups excluding carboxylic acids is 1. The number of halogens is 2. The van der Waals surface area contributed by atoms with Crippen molar-refractivity contribution in [1.82, 2.24) is 25.2 Å². The smallest absolute Gasteiger partial charge is 0.261 e. The topological polar surface area (TPSA) is 86.9 Å². The number of thiophene rings is 1. The molecule has 1 atom stereocenters. The Morgan fingerprint density at radius 3 is 2.81 bits per heavy atom. The van der Waals surface area contributed by atoms with Crippen LogP contribution in [0.2, 0.25) is 4.34 Å². The maximum atomic E-state index is 15.2. The molecule has 0 bridgehead atoms. The molecule has 1 fully saturated rings. The number of amides is 1. The Balaban J connectivity index is 1.53. The van der Waals surface area contributed by atoms with Crippen molar-refractivity contribution in [1.29, 1.82) is 5.41 Å². The minimum Gasteiger partial charge on any atom is -0.346 e. The predicted molar refractivity (Wildman–Crippen MR) is 120 cm³/mol. The average Bonchev–Trinajstić information content (AvgIpc) is 3.42. The number of carbonyl (C=O) groups is 1. The van der Waals surface area contributed by atoms with E-state index in [4.69, 9.17) is 17.0 Å². The van der Waals surface area contributed by atoms with Gasteiger partial charge in [0.05, 0.1) is 33.7 Å². The number of hydrogen-bond acceptors (Lipinski definition) is 6. The molecule has 7 nitrogen and oxygen atoms in total. The molecule has 3 heterocycles. The molecule has 1 saturated heterocycles. The molecular formula is C21H24ClFN6OS. The second-order valence-electron chi connectivity index (χ2n) is 7.59. The lowest BCUT2D eigenvalue weighted by Crippen LogP contribution is -2.44. The molecule has 31 heavy (non-hydrogen) atoms. The number of aromatic nitrogens is 3. The maximum absolute atomic E-state index is 15.2. The number of likely N-dealkylation sites (tertiary alicyclic amines) is 1. The average molecular weight is 463 g/mol. The fourth-order valence-electron chi connectivity index (χ4n) is 3.96. The van der Waals surface area contributed by atoms with Gasteiger partial charge in [-0.1, -0.05) is 30.2 Å². The van der Waals surface area contributed by atoms with Gasteiger partial charge in [0, 0.05) is 5.57 Å². The van der Waals surface area contributed by atoms with Crippen LogP contribution in [-0.2, 0) is 6.54 Å². The van der Waals surface area contributed by atoms with E-state index in [0.717, 1.165) is 25.9 Å². The second kappa shape index (κ2) is 9.42. The Morgan fingerprint density at radius 1 is 1.35 bits per heavy atom. The third-order valence-electron chi connectivity index (χ3n) is 5.58. The monoisotopic (exact) mass is 462 g/mol. The number of nitrogens with one attached hydrogen (secondary N) is 2. The van der Waals surface area contributed by atoms with Gasteiger partial charge in [-0.25, -0.2) is 9.07 Å². The fraction of sp³-hybridized carbons (Fsp3) is 0.429. The minimum atomic E-state index is -0.436. The zero-order valence-corrected chi connectivity index (χ0v) is 18.8. The van der Waals surface area contributed by atoms with E-state index < -0.39 is 5.83 Å². The van der Waals surface area contributed by atoms with Crippen molar-refractivity contribution in [3.05, 3.63) is 50.7 Å².